The van der Waals surface area contributed by atoms with E-state index in [-0.39, 0.29) is 34.2 Å². The molecule has 0 radical (unpaired) electrons. The molecule has 0 saturated carbocycles. The number of carbonyl (C=O) groups is 1. The van der Waals surface area contributed by atoms with Crippen molar-refractivity contribution in [3.8, 4) is 5.88 Å². The Morgan fingerprint density at radius 3 is 2.44 bits per heavy atom. The van der Waals surface area contributed by atoms with E-state index < -0.39 is 10.0 Å². The largest absolute Gasteiger partial charge is 0.474 e. The molecule has 0 bridgehead atoms. The summed E-state index contributed by atoms with van der Waals surface area (Å²) in [6.07, 6.45) is 1.10. The highest BCUT2D eigenvalue weighted by Gasteiger charge is 2.16. The summed E-state index contributed by atoms with van der Waals surface area (Å²) >= 11 is 0. The van der Waals surface area contributed by atoms with Crippen molar-refractivity contribution in [1.29, 1.82) is 0 Å². The number of anilines is 3. The summed E-state index contributed by atoms with van der Waals surface area (Å²) in [6.45, 7) is 3.77. The van der Waals surface area contributed by atoms with Crippen LogP contribution in [0, 0.1) is 0 Å². The predicted octanol–water partition coefficient (Wildman–Crippen LogP) is 1.44. The molecule has 0 saturated heterocycles. The van der Waals surface area contributed by atoms with Crippen LogP contribution in [0.4, 0.5) is 17.5 Å². The lowest BCUT2D eigenvalue weighted by Crippen LogP contribution is -2.15. The number of nitrogens with two attached hydrogens (primary N) is 2. The number of benzene rings is 1. The maximum Gasteiger partial charge on any atom is 0.238 e. The highest BCUT2D eigenvalue weighted by Crippen LogP contribution is 2.24. The number of nitrogens with one attached hydrogen (secondary N) is 1. The van der Waals surface area contributed by atoms with Crippen molar-refractivity contribution in [3.63, 3.8) is 0 Å². The van der Waals surface area contributed by atoms with E-state index in [4.69, 9.17) is 15.6 Å². The molecule has 0 amide bonds. The monoisotopic (exact) mass is 365 g/mol. The molecule has 2 aromatic rings. The van der Waals surface area contributed by atoms with Crippen molar-refractivity contribution in [2.75, 3.05) is 11.1 Å². The van der Waals surface area contributed by atoms with E-state index in [0.29, 0.717) is 12.0 Å². The standard InChI is InChI=1S/C15H19N5O4S/c1-3-9(2)24-14-12(8-21)13(16)19-15(20-14)18-10-4-6-11(7-5-10)25(17,22)23/h4-9H,3H2,1-2H3,(H2,17,22,23)(H3,16,18,19,20)/t9-/m0/s1. The van der Waals surface area contributed by atoms with Crippen LogP contribution in [0.2, 0.25) is 0 Å². The van der Waals surface area contributed by atoms with E-state index in [1.807, 2.05) is 13.8 Å². The summed E-state index contributed by atoms with van der Waals surface area (Å²) < 4.78 is 28.1. The number of hydrogen-bond donors (Lipinski definition) is 3. The lowest BCUT2D eigenvalue weighted by molar-refractivity contribution is 0.111. The molecule has 2 rings (SSSR count). The van der Waals surface area contributed by atoms with Gasteiger partial charge in [0, 0.05) is 5.69 Å². The molecule has 0 fully saturated rings. The molecule has 134 valence electrons. The Balaban J connectivity index is 2.31. The summed E-state index contributed by atoms with van der Waals surface area (Å²) in [5.74, 6) is 0.178. The number of hydrogen-bond acceptors (Lipinski definition) is 8. The second-order valence-corrected chi connectivity index (χ2v) is 6.86. The minimum absolute atomic E-state index is 0.0180. The minimum Gasteiger partial charge on any atom is -0.474 e. The maximum atomic E-state index is 11.3. The summed E-state index contributed by atoms with van der Waals surface area (Å²) in [5, 5.41) is 7.92. The first kappa shape index (κ1) is 18.6. The van der Waals surface area contributed by atoms with Crippen molar-refractivity contribution < 1.29 is 17.9 Å². The molecule has 0 aliphatic rings. The zero-order valence-electron chi connectivity index (χ0n) is 13.8. The highest BCUT2D eigenvalue weighted by atomic mass is 32.2. The van der Waals surface area contributed by atoms with Crippen molar-refractivity contribution in [1.82, 2.24) is 9.97 Å². The fourth-order valence-electron chi connectivity index (χ4n) is 1.85. The predicted molar refractivity (Wildman–Crippen MR) is 93.3 cm³/mol. The third kappa shape index (κ3) is 4.64. The number of nitrogen functional groups attached to an aromatic ring is 1. The Hall–Kier alpha value is -2.72. The van der Waals surface area contributed by atoms with Crippen LogP contribution in [0.25, 0.3) is 0 Å². The molecule has 1 aromatic carbocycles. The fraction of sp³-hybridized carbons (Fsp3) is 0.267. The molecule has 25 heavy (non-hydrogen) atoms. The van der Waals surface area contributed by atoms with Gasteiger partial charge in [-0.1, -0.05) is 6.92 Å². The zero-order chi connectivity index (χ0) is 18.6. The molecule has 1 heterocycles. The van der Waals surface area contributed by atoms with Crippen LogP contribution in [0.5, 0.6) is 5.88 Å². The lowest BCUT2D eigenvalue weighted by Gasteiger charge is -2.15. The van der Waals surface area contributed by atoms with Crippen LogP contribution in [0.1, 0.15) is 30.6 Å². The van der Waals surface area contributed by atoms with Crippen molar-refractivity contribution in [2.24, 2.45) is 5.14 Å². The molecule has 0 aliphatic heterocycles. The number of nitrogens with zero attached hydrogens (tertiary/aromatic N) is 2. The van der Waals surface area contributed by atoms with Crippen LogP contribution in [0.3, 0.4) is 0 Å². The van der Waals surface area contributed by atoms with Gasteiger partial charge in [0.2, 0.25) is 21.9 Å². The van der Waals surface area contributed by atoms with Gasteiger partial charge >= 0.3 is 0 Å². The summed E-state index contributed by atoms with van der Waals surface area (Å²) in [4.78, 5) is 19.3. The number of carbonyl (C=O) groups excluding carboxylic acids is 1. The average Bonchev–Trinajstić information content (AvgIpc) is 2.54. The third-order valence-electron chi connectivity index (χ3n) is 3.38. The Morgan fingerprint density at radius 1 is 1.28 bits per heavy atom. The van der Waals surface area contributed by atoms with Gasteiger partial charge in [0.15, 0.2) is 6.29 Å². The zero-order valence-corrected chi connectivity index (χ0v) is 14.6. The number of sulfonamides is 1. The first-order valence-electron chi connectivity index (χ1n) is 7.43. The van der Waals surface area contributed by atoms with Crippen molar-refractivity contribution in [3.05, 3.63) is 29.8 Å². The van der Waals surface area contributed by atoms with Gasteiger partial charge in [0.25, 0.3) is 0 Å². The van der Waals surface area contributed by atoms with Crippen molar-refractivity contribution >= 4 is 33.8 Å². The topological polar surface area (TPSA) is 150 Å². The number of rotatable bonds is 7. The molecular formula is C15H19N5O4S. The van der Waals surface area contributed by atoms with Crippen LogP contribution >= 0.6 is 0 Å². The van der Waals surface area contributed by atoms with E-state index in [1.165, 1.54) is 24.3 Å². The SMILES string of the molecule is CC[C@H](C)Oc1nc(Nc2ccc(S(N)(=O)=O)cc2)nc(N)c1C=O. The van der Waals surface area contributed by atoms with Gasteiger partial charge in [-0.25, -0.2) is 13.6 Å². The number of ether oxygens (including phenoxy) is 1. The van der Waals surface area contributed by atoms with E-state index in [9.17, 15) is 13.2 Å². The number of aromatic nitrogens is 2. The van der Waals surface area contributed by atoms with E-state index in [1.54, 1.807) is 0 Å². The average molecular weight is 365 g/mol. The van der Waals surface area contributed by atoms with E-state index in [0.717, 1.165) is 6.42 Å². The van der Waals surface area contributed by atoms with Gasteiger partial charge in [0.1, 0.15) is 11.4 Å². The Kier molecular flexibility index (Phi) is 5.55. The molecule has 1 aromatic heterocycles. The van der Waals surface area contributed by atoms with Crippen LogP contribution < -0.4 is 20.9 Å². The minimum atomic E-state index is -3.77. The lowest BCUT2D eigenvalue weighted by atomic mass is 10.3. The second-order valence-electron chi connectivity index (χ2n) is 5.30. The van der Waals surface area contributed by atoms with E-state index >= 15 is 0 Å². The Morgan fingerprint density at radius 2 is 1.92 bits per heavy atom. The van der Waals surface area contributed by atoms with Gasteiger partial charge < -0.3 is 15.8 Å². The van der Waals surface area contributed by atoms with Crippen LogP contribution in [0.15, 0.2) is 29.2 Å². The first-order chi connectivity index (χ1) is 11.7. The quantitative estimate of drug-likeness (QED) is 0.624. The van der Waals surface area contributed by atoms with Gasteiger partial charge in [-0.15, -0.1) is 0 Å². The maximum absolute atomic E-state index is 11.3. The van der Waals surface area contributed by atoms with Crippen molar-refractivity contribution in [2.45, 2.75) is 31.3 Å². The summed E-state index contributed by atoms with van der Waals surface area (Å²) in [6, 6.07) is 5.69. The van der Waals surface area contributed by atoms with Gasteiger partial charge in [-0.05, 0) is 37.6 Å². The van der Waals surface area contributed by atoms with Crippen LogP contribution in [-0.2, 0) is 10.0 Å². The molecular weight excluding hydrogens is 346 g/mol. The second kappa shape index (κ2) is 7.45. The summed E-state index contributed by atoms with van der Waals surface area (Å²) in [5.41, 5.74) is 6.38. The number of primary sulfonamides is 1. The molecule has 10 heteroatoms. The smallest absolute Gasteiger partial charge is 0.238 e. The number of aldehydes is 1. The van der Waals surface area contributed by atoms with Gasteiger partial charge in [-0.2, -0.15) is 9.97 Å². The van der Waals surface area contributed by atoms with E-state index in [2.05, 4.69) is 15.3 Å². The van der Waals surface area contributed by atoms with Gasteiger partial charge in [0.05, 0.1) is 11.0 Å². The van der Waals surface area contributed by atoms with Gasteiger partial charge in [-0.3, -0.25) is 4.79 Å². The molecule has 9 nitrogen and oxygen atoms in total. The highest BCUT2D eigenvalue weighted by molar-refractivity contribution is 7.89. The van der Waals surface area contributed by atoms with Crippen LogP contribution in [-0.4, -0.2) is 30.8 Å². The molecule has 0 unspecified atom stereocenters. The molecule has 1 atom stereocenters. The Labute approximate surface area is 145 Å². The molecule has 5 N–H and O–H groups in total. The molecule has 0 spiro atoms. The first-order valence-corrected chi connectivity index (χ1v) is 8.98. The molecule has 0 aliphatic carbocycles. The Bertz CT molecular complexity index is 868. The normalized spacial score (nSPS) is 12.4. The fourth-order valence-corrected chi connectivity index (χ4v) is 2.37. The third-order valence-corrected chi connectivity index (χ3v) is 4.31. The summed E-state index contributed by atoms with van der Waals surface area (Å²) in [7, 11) is -3.77.